The van der Waals surface area contributed by atoms with Gasteiger partial charge in [0.2, 0.25) is 0 Å². The van der Waals surface area contributed by atoms with Crippen LogP contribution in [0.2, 0.25) is 0 Å². The number of hydrogen-bond donors (Lipinski definition) is 2. The maximum Gasteiger partial charge on any atom is 0.336 e. The first-order chi connectivity index (χ1) is 14.1. The fourth-order valence-electron chi connectivity index (χ4n) is 2.86. The Morgan fingerprint density at radius 1 is 0.700 bits per heavy atom. The van der Waals surface area contributed by atoms with Gasteiger partial charge in [0.05, 0.1) is 12.8 Å². The molecule has 0 aromatic carbocycles. The van der Waals surface area contributed by atoms with Crippen molar-refractivity contribution < 1.29 is 43.7 Å². The van der Waals surface area contributed by atoms with Gasteiger partial charge >= 0.3 is 29.8 Å². The maximum absolute atomic E-state index is 11.8. The van der Waals surface area contributed by atoms with Crippen molar-refractivity contribution in [2.24, 2.45) is 0 Å². The van der Waals surface area contributed by atoms with E-state index in [1.807, 2.05) is 0 Å². The zero-order chi connectivity index (χ0) is 23.0. The lowest BCUT2D eigenvalue weighted by Gasteiger charge is -2.20. The number of carbonyl (C=O) groups is 5. The summed E-state index contributed by atoms with van der Waals surface area (Å²) in [7, 11) is 0. The van der Waals surface area contributed by atoms with E-state index >= 15 is 0 Å². The molecular weight excluding hydrogens is 396 g/mol. The number of unbranched alkanes of at least 4 members (excludes halogenated alkanes) is 9. The highest BCUT2D eigenvalue weighted by atomic mass is 16.6. The van der Waals surface area contributed by atoms with Crippen molar-refractivity contribution in [1.82, 2.24) is 0 Å². The van der Waals surface area contributed by atoms with Crippen LogP contribution < -0.4 is 0 Å². The van der Waals surface area contributed by atoms with E-state index in [1.54, 1.807) is 0 Å². The van der Waals surface area contributed by atoms with E-state index < -0.39 is 48.3 Å². The molecular formula is C21H34O9. The maximum atomic E-state index is 11.8. The number of carboxylic acids is 1. The summed E-state index contributed by atoms with van der Waals surface area (Å²) in [6, 6.07) is 0. The number of aliphatic hydroxyl groups is 1. The first-order valence-electron chi connectivity index (χ1n) is 10.5. The number of hydrogen-bond acceptors (Lipinski definition) is 8. The average molecular weight is 430 g/mol. The van der Waals surface area contributed by atoms with Gasteiger partial charge in [-0.2, -0.15) is 0 Å². The Bertz CT molecular complexity index is 585. The summed E-state index contributed by atoms with van der Waals surface area (Å²) in [6.45, 7) is 3.11. The van der Waals surface area contributed by atoms with Crippen LogP contribution in [-0.4, -0.2) is 45.7 Å². The smallest absolute Gasteiger partial charge is 0.336 e. The molecule has 0 aliphatic carbocycles. The lowest BCUT2D eigenvalue weighted by molar-refractivity contribution is -0.176. The van der Waals surface area contributed by atoms with Crippen molar-refractivity contribution >= 4 is 29.8 Å². The second-order valence-corrected chi connectivity index (χ2v) is 7.43. The normalized spacial score (nSPS) is 12.6. The summed E-state index contributed by atoms with van der Waals surface area (Å²) in [5.74, 6) is -6.26. The molecule has 172 valence electrons. The van der Waals surface area contributed by atoms with Gasteiger partial charge in [-0.05, 0) is 6.42 Å². The molecule has 1 atom stereocenters. The Morgan fingerprint density at radius 3 is 1.57 bits per heavy atom. The third kappa shape index (κ3) is 13.8. The molecule has 0 heterocycles. The summed E-state index contributed by atoms with van der Waals surface area (Å²) in [5, 5.41) is 19.1. The van der Waals surface area contributed by atoms with Gasteiger partial charge in [0, 0.05) is 13.3 Å². The molecule has 0 bridgehead atoms. The Morgan fingerprint density at radius 2 is 1.13 bits per heavy atom. The van der Waals surface area contributed by atoms with Crippen molar-refractivity contribution in [2.75, 3.05) is 0 Å². The number of rotatable bonds is 16. The molecule has 9 heteroatoms. The summed E-state index contributed by atoms with van der Waals surface area (Å²) in [4.78, 5) is 56.8. The molecule has 0 aliphatic heterocycles. The summed E-state index contributed by atoms with van der Waals surface area (Å²) < 4.78 is 8.68. The molecule has 9 nitrogen and oxygen atoms in total. The molecule has 0 radical (unpaired) electrons. The van der Waals surface area contributed by atoms with E-state index in [4.69, 9.17) is 5.11 Å². The van der Waals surface area contributed by atoms with Gasteiger partial charge in [0.25, 0.3) is 0 Å². The fourth-order valence-corrected chi connectivity index (χ4v) is 2.86. The van der Waals surface area contributed by atoms with E-state index in [0.29, 0.717) is 6.42 Å². The van der Waals surface area contributed by atoms with Crippen molar-refractivity contribution in [3.05, 3.63) is 0 Å². The van der Waals surface area contributed by atoms with Gasteiger partial charge in [0.1, 0.15) is 0 Å². The van der Waals surface area contributed by atoms with Crippen molar-refractivity contribution in [2.45, 2.75) is 103 Å². The number of aliphatic carboxylic acids is 1. The molecule has 2 N–H and O–H groups in total. The number of carboxylic acid groups (broad SMARTS) is 1. The Kier molecular flexibility index (Phi) is 14.4. The number of carbonyl (C=O) groups excluding carboxylic acids is 4. The lowest BCUT2D eigenvalue weighted by Crippen LogP contribution is -2.43. The van der Waals surface area contributed by atoms with Crippen molar-refractivity contribution in [1.29, 1.82) is 0 Å². The number of esters is 4. The first kappa shape index (κ1) is 27.7. The van der Waals surface area contributed by atoms with Crippen LogP contribution in [0.15, 0.2) is 0 Å². The summed E-state index contributed by atoms with van der Waals surface area (Å²) in [6.07, 6.45) is 8.54. The van der Waals surface area contributed by atoms with Gasteiger partial charge < -0.3 is 19.7 Å². The van der Waals surface area contributed by atoms with Crippen LogP contribution in [0.1, 0.15) is 97.3 Å². The van der Waals surface area contributed by atoms with Gasteiger partial charge in [-0.15, -0.1) is 0 Å². The van der Waals surface area contributed by atoms with Crippen LogP contribution >= 0.6 is 0 Å². The van der Waals surface area contributed by atoms with E-state index in [2.05, 4.69) is 16.4 Å². The van der Waals surface area contributed by atoms with E-state index in [9.17, 15) is 29.1 Å². The minimum atomic E-state index is -2.83. The van der Waals surface area contributed by atoms with E-state index in [-0.39, 0.29) is 6.42 Å². The molecule has 0 spiro atoms. The number of ether oxygens (including phenoxy) is 2. The highest BCUT2D eigenvalue weighted by Crippen LogP contribution is 2.18. The Labute approximate surface area is 177 Å². The SMILES string of the molecule is CCCCCCCCCCCCC(=O)OC(=O)CC(O)(CC(=O)OC(C)=O)C(=O)O. The zero-order valence-electron chi connectivity index (χ0n) is 17.9. The summed E-state index contributed by atoms with van der Waals surface area (Å²) in [5.41, 5.74) is -2.83. The van der Waals surface area contributed by atoms with Crippen LogP contribution in [0, 0.1) is 0 Å². The molecule has 0 aromatic rings. The highest BCUT2D eigenvalue weighted by Gasteiger charge is 2.42. The van der Waals surface area contributed by atoms with Crippen molar-refractivity contribution in [3.63, 3.8) is 0 Å². The lowest BCUT2D eigenvalue weighted by atomic mass is 9.96. The third-order valence-corrected chi connectivity index (χ3v) is 4.49. The molecule has 30 heavy (non-hydrogen) atoms. The van der Waals surface area contributed by atoms with E-state index in [0.717, 1.165) is 32.6 Å². The quantitative estimate of drug-likeness (QED) is 0.214. The van der Waals surface area contributed by atoms with Gasteiger partial charge in [-0.3, -0.25) is 19.2 Å². The third-order valence-electron chi connectivity index (χ3n) is 4.49. The fraction of sp³-hybridized carbons (Fsp3) is 0.762. The van der Waals surface area contributed by atoms with Crippen LogP contribution in [0.3, 0.4) is 0 Å². The standard InChI is InChI=1S/C21H34O9/c1-3-4-5-6-7-8-9-10-11-12-13-17(23)30-19(25)15-21(28,20(26)27)14-18(24)29-16(2)22/h28H,3-15H2,1-2H3,(H,26,27). The predicted octanol–water partition coefficient (Wildman–Crippen LogP) is 3.05. The Balaban J connectivity index is 4.12. The summed E-state index contributed by atoms with van der Waals surface area (Å²) >= 11 is 0. The van der Waals surface area contributed by atoms with Crippen molar-refractivity contribution in [3.8, 4) is 0 Å². The van der Waals surface area contributed by atoms with Gasteiger partial charge in [-0.1, -0.05) is 64.7 Å². The molecule has 0 fully saturated rings. The predicted molar refractivity (Wildman–Crippen MR) is 106 cm³/mol. The highest BCUT2D eigenvalue weighted by molar-refractivity contribution is 5.94. The molecule has 0 saturated heterocycles. The minimum Gasteiger partial charge on any atom is -0.479 e. The van der Waals surface area contributed by atoms with Gasteiger partial charge in [-0.25, -0.2) is 4.79 Å². The minimum absolute atomic E-state index is 0.000117. The van der Waals surface area contributed by atoms with Crippen LogP contribution in [-0.2, 0) is 33.4 Å². The van der Waals surface area contributed by atoms with Crippen LogP contribution in [0.4, 0.5) is 0 Å². The first-order valence-corrected chi connectivity index (χ1v) is 10.5. The average Bonchev–Trinajstić information content (AvgIpc) is 2.61. The van der Waals surface area contributed by atoms with Crippen LogP contribution in [0.5, 0.6) is 0 Å². The molecule has 1 unspecified atom stereocenters. The van der Waals surface area contributed by atoms with E-state index in [1.165, 1.54) is 32.1 Å². The van der Waals surface area contributed by atoms with Gasteiger partial charge in [0.15, 0.2) is 5.60 Å². The molecule has 0 saturated carbocycles. The second-order valence-electron chi connectivity index (χ2n) is 7.43. The monoisotopic (exact) mass is 430 g/mol. The molecule has 0 aromatic heterocycles. The van der Waals surface area contributed by atoms with Crippen LogP contribution in [0.25, 0.3) is 0 Å². The largest absolute Gasteiger partial charge is 0.479 e. The molecule has 0 rings (SSSR count). The zero-order valence-corrected chi connectivity index (χ0v) is 17.9. The second kappa shape index (κ2) is 15.5. The molecule has 0 amide bonds. The molecule has 0 aliphatic rings. The topological polar surface area (TPSA) is 144 Å². The Hall–Kier alpha value is -2.29.